The van der Waals surface area contributed by atoms with Gasteiger partial charge in [0, 0.05) is 13.1 Å². The van der Waals surface area contributed by atoms with E-state index in [0.717, 1.165) is 6.42 Å². The summed E-state index contributed by atoms with van der Waals surface area (Å²) < 4.78 is 28.2. The van der Waals surface area contributed by atoms with E-state index in [-0.39, 0.29) is 0 Å². The maximum Gasteiger partial charge on any atom is 0.280 e. The minimum atomic E-state index is -3.67. The van der Waals surface area contributed by atoms with E-state index in [9.17, 15) is 8.42 Å². The van der Waals surface area contributed by atoms with Crippen molar-refractivity contribution in [3.63, 3.8) is 0 Å². The Morgan fingerprint density at radius 2 is 1.67 bits per heavy atom. The number of aliphatic hydroxyl groups excluding tert-OH is 2. The number of aliphatic hydroxyl groups is 2. The molecule has 1 aliphatic rings. The van der Waals surface area contributed by atoms with Gasteiger partial charge in [-0.2, -0.15) is 17.4 Å². The van der Waals surface area contributed by atoms with Gasteiger partial charge >= 0.3 is 0 Å². The predicted octanol–water partition coefficient (Wildman–Crippen LogP) is -0.458. The van der Waals surface area contributed by atoms with Crippen LogP contribution in [0.25, 0.3) is 0 Å². The van der Waals surface area contributed by atoms with Gasteiger partial charge in [-0.15, -0.1) is 0 Å². The lowest BCUT2D eigenvalue weighted by atomic mass is 9.94. The van der Waals surface area contributed by atoms with Gasteiger partial charge in [-0.3, -0.25) is 0 Å². The molecule has 108 valence electrons. The molecular formula is C11H24N2O4S. The van der Waals surface area contributed by atoms with Gasteiger partial charge in [0.1, 0.15) is 0 Å². The normalized spacial score (nSPS) is 27.4. The van der Waals surface area contributed by atoms with Crippen molar-refractivity contribution in [2.45, 2.75) is 32.7 Å². The third-order valence-electron chi connectivity index (χ3n) is 3.25. The molecule has 0 aromatic carbocycles. The third-order valence-corrected chi connectivity index (χ3v) is 4.98. The van der Waals surface area contributed by atoms with Crippen LogP contribution in [0.1, 0.15) is 27.2 Å². The number of rotatable bonds is 5. The highest BCUT2D eigenvalue weighted by atomic mass is 32.2. The Morgan fingerprint density at radius 1 is 1.22 bits per heavy atom. The Morgan fingerprint density at radius 3 is 2.06 bits per heavy atom. The molecule has 0 aliphatic carbocycles. The lowest BCUT2D eigenvalue weighted by Crippen LogP contribution is -2.57. The molecule has 1 saturated heterocycles. The average Bonchev–Trinajstić information content (AvgIpc) is 2.27. The molecule has 0 radical (unpaired) electrons. The summed E-state index contributed by atoms with van der Waals surface area (Å²) in [5, 5.41) is 18.3. The molecule has 1 fully saturated rings. The van der Waals surface area contributed by atoms with Crippen LogP contribution in [-0.2, 0) is 10.2 Å². The van der Waals surface area contributed by atoms with Crippen LogP contribution in [-0.4, -0.2) is 54.8 Å². The van der Waals surface area contributed by atoms with Crippen LogP contribution in [0, 0.1) is 11.8 Å². The summed E-state index contributed by atoms with van der Waals surface area (Å²) in [6.07, 6.45) is 1.02. The predicted molar refractivity (Wildman–Crippen MR) is 69.2 cm³/mol. The number of hydrogen-bond donors (Lipinski definition) is 3. The summed E-state index contributed by atoms with van der Waals surface area (Å²) in [6.45, 7) is 5.59. The van der Waals surface area contributed by atoms with Gasteiger partial charge in [0.05, 0.1) is 18.8 Å². The van der Waals surface area contributed by atoms with Crippen LogP contribution in [0.4, 0.5) is 0 Å². The topological polar surface area (TPSA) is 89.9 Å². The highest BCUT2D eigenvalue weighted by Crippen LogP contribution is 2.23. The van der Waals surface area contributed by atoms with Gasteiger partial charge in [0.2, 0.25) is 0 Å². The number of nitrogens with zero attached hydrogens (tertiary/aromatic N) is 1. The molecule has 6 nitrogen and oxygen atoms in total. The molecule has 0 amide bonds. The van der Waals surface area contributed by atoms with Crippen molar-refractivity contribution < 1.29 is 18.6 Å². The first-order valence-corrected chi connectivity index (χ1v) is 7.67. The molecule has 2 atom stereocenters. The molecule has 1 aliphatic heterocycles. The molecule has 0 bridgehead atoms. The molecule has 3 N–H and O–H groups in total. The second kappa shape index (κ2) is 5.83. The van der Waals surface area contributed by atoms with E-state index >= 15 is 0 Å². The zero-order chi connectivity index (χ0) is 14.0. The highest BCUT2D eigenvalue weighted by molar-refractivity contribution is 7.87. The fraction of sp³-hybridized carbons (Fsp3) is 1.00. The smallest absolute Gasteiger partial charge is 0.280 e. The number of nitrogens with one attached hydrogen (secondary N) is 1. The summed E-state index contributed by atoms with van der Waals surface area (Å²) in [5.74, 6) is 0.639. The molecule has 0 aromatic rings. The Bertz CT molecular complexity index is 357. The van der Waals surface area contributed by atoms with E-state index in [0.29, 0.717) is 24.9 Å². The monoisotopic (exact) mass is 280 g/mol. The molecule has 2 unspecified atom stereocenters. The van der Waals surface area contributed by atoms with Crippen molar-refractivity contribution in [2.24, 2.45) is 11.8 Å². The van der Waals surface area contributed by atoms with E-state index in [1.807, 2.05) is 13.8 Å². The lowest BCUT2D eigenvalue weighted by Gasteiger charge is -2.36. The van der Waals surface area contributed by atoms with Crippen molar-refractivity contribution in [3.05, 3.63) is 0 Å². The molecule has 1 rings (SSSR count). The standard InChI is InChI=1S/C11H24N2O4S/c1-9-4-10(2)6-13(5-9)18(16,17)12-11(3,7-14)8-15/h9-10,12,14-15H,4-8H2,1-3H3. The van der Waals surface area contributed by atoms with Gasteiger partial charge < -0.3 is 10.2 Å². The third kappa shape index (κ3) is 3.89. The van der Waals surface area contributed by atoms with Gasteiger partial charge in [-0.1, -0.05) is 13.8 Å². The van der Waals surface area contributed by atoms with E-state index in [1.165, 1.54) is 11.2 Å². The minimum absolute atomic E-state index is 0.319. The van der Waals surface area contributed by atoms with E-state index < -0.39 is 29.0 Å². The Kier molecular flexibility index (Phi) is 5.13. The molecule has 7 heteroatoms. The van der Waals surface area contributed by atoms with E-state index in [2.05, 4.69) is 4.72 Å². The summed E-state index contributed by atoms with van der Waals surface area (Å²) in [5.41, 5.74) is -1.22. The van der Waals surface area contributed by atoms with Crippen LogP contribution in [0.3, 0.4) is 0 Å². The van der Waals surface area contributed by atoms with Gasteiger partial charge in [-0.25, -0.2) is 0 Å². The number of piperidine rings is 1. The van der Waals surface area contributed by atoms with Crippen LogP contribution in [0.5, 0.6) is 0 Å². The van der Waals surface area contributed by atoms with Crippen LogP contribution < -0.4 is 4.72 Å². The molecule has 18 heavy (non-hydrogen) atoms. The van der Waals surface area contributed by atoms with Crippen LogP contribution in [0.15, 0.2) is 0 Å². The van der Waals surface area contributed by atoms with E-state index in [4.69, 9.17) is 10.2 Å². The summed E-state index contributed by atoms with van der Waals surface area (Å²) in [7, 11) is -3.67. The largest absolute Gasteiger partial charge is 0.394 e. The summed E-state index contributed by atoms with van der Waals surface area (Å²) in [4.78, 5) is 0. The Labute approximate surface area is 109 Å². The van der Waals surface area contributed by atoms with Crippen LogP contribution >= 0.6 is 0 Å². The second-order valence-corrected chi connectivity index (χ2v) is 7.42. The lowest BCUT2D eigenvalue weighted by molar-refractivity contribution is 0.118. The zero-order valence-corrected chi connectivity index (χ0v) is 12.1. The molecular weight excluding hydrogens is 256 g/mol. The summed E-state index contributed by atoms with van der Waals surface area (Å²) >= 11 is 0. The first-order valence-electron chi connectivity index (χ1n) is 6.23. The first kappa shape index (κ1) is 15.8. The quantitative estimate of drug-likeness (QED) is 0.636. The minimum Gasteiger partial charge on any atom is -0.394 e. The van der Waals surface area contributed by atoms with E-state index in [1.54, 1.807) is 0 Å². The van der Waals surface area contributed by atoms with Gasteiger partial charge in [-0.05, 0) is 25.2 Å². The SMILES string of the molecule is CC1CC(C)CN(S(=O)(=O)NC(C)(CO)CO)C1. The van der Waals surface area contributed by atoms with Gasteiger partial charge in [0.25, 0.3) is 10.2 Å². The van der Waals surface area contributed by atoms with Crippen LogP contribution in [0.2, 0.25) is 0 Å². The molecule has 1 heterocycles. The summed E-state index contributed by atoms with van der Waals surface area (Å²) in [6, 6.07) is 0. The second-order valence-electron chi connectivity index (χ2n) is 5.75. The van der Waals surface area contributed by atoms with Crippen molar-refractivity contribution >= 4 is 10.2 Å². The number of hydrogen-bond acceptors (Lipinski definition) is 4. The van der Waals surface area contributed by atoms with Crippen molar-refractivity contribution in [1.29, 1.82) is 0 Å². The zero-order valence-electron chi connectivity index (χ0n) is 11.3. The van der Waals surface area contributed by atoms with Crippen molar-refractivity contribution in [3.8, 4) is 0 Å². The Balaban J connectivity index is 2.80. The van der Waals surface area contributed by atoms with Crippen molar-refractivity contribution in [1.82, 2.24) is 9.03 Å². The van der Waals surface area contributed by atoms with Gasteiger partial charge in [0.15, 0.2) is 0 Å². The first-order chi connectivity index (χ1) is 8.22. The molecule has 0 spiro atoms. The highest BCUT2D eigenvalue weighted by Gasteiger charge is 2.35. The fourth-order valence-corrected chi connectivity index (χ4v) is 4.07. The average molecular weight is 280 g/mol. The maximum absolute atomic E-state index is 12.2. The Hall–Kier alpha value is -0.210. The van der Waals surface area contributed by atoms with Crippen molar-refractivity contribution in [2.75, 3.05) is 26.3 Å². The molecule has 0 aromatic heterocycles. The maximum atomic E-state index is 12.2. The fourth-order valence-electron chi connectivity index (χ4n) is 2.29. The molecule has 0 saturated carbocycles.